The molecule has 4 rings (SSSR count). The van der Waals surface area contributed by atoms with Crippen LogP contribution in [-0.4, -0.2) is 41.5 Å². The van der Waals surface area contributed by atoms with Crippen molar-refractivity contribution in [2.75, 3.05) is 11.4 Å². The van der Waals surface area contributed by atoms with Gasteiger partial charge in [-0.3, -0.25) is 4.79 Å². The van der Waals surface area contributed by atoms with E-state index < -0.39 is 29.7 Å². The standard InChI is InChI=1S/C14H12F3N3O2/c15-14(16,17)7-2-1-3-8(4-7)20-12(21)11-10-5-9(6-18-10)19(11)13(20)22/h1-4,9-11,18H,5-6H2/t9?,10-,11-/m1/s1. The zero-order valence-corrected chi connectivity index (χ0v) is 11.3. The maximum absolute atomic E-state index is 12.8. The van der Waals surface area contributed by atoms with Crippen LogP contribution in [0.25, 0.3) is 0 Å². The number of hydrogen-bond acceptors (Lipinski definition) is 3. The first-order valence-electron chi connectivity index (χ1n) is 6.95. The van der Waals surface area contributed by atoms with E-state index in [1.54, 1.807) is 0 Å². The van der Waals surface area contributed by atoms with Crippen molar-refractivity contribution in [3.63, 3.8) is 0 Å². The molecule has 2 bridgehead atoms. The number of nitrogens with one attached hydrogen (secondary N) is 1. The van der Waals surface area contributed by atoms with Gasteiger partial charge in [0.1, 0.15) is 6.04 Å². The molecular weight excluding hydrogens is 299 g/mol. The third kappa shape index (κ3) is 1.70. The molecule has 116 valence electrons. The lowest BCUT2D eigenvalue weighted by atomic mass is 10.1. The fourth-order valence-corrected chi connectivity index (χ4v) is 3.59. The fourth-order valence-electron chi connectivity index (χ4n) is 3.59. The molecule has 8 heteroatoms. The maximum atomic E-state index is 12.8. The number of anilines is 1. The fraction of sp³-hybridized carbons (Fsp3) is 0.429. The van der Waals surface area contributed by atoms with Crippen LogP contribution >= 0.6 is 0 Å². The van der Waals surface area contributed by atoms with Gasteiger partial charge in [0, 0.05) is 18.6 Å². The molecule has 22 heavy (non-hydrogen) atoms. The van der Waals surface area contributed by atoms with Crippen LogP contribution in [0.15, 0.2) is 24.3 Å². The van der Waals surface area contributed by atoms with Crippen molar-refractivity contribution in [1.82, 2.24) is 10.2 Å². The van der Waals surface area contributed by atoms with Crippen LogP contribution in [-0.2, 0) is 11.0 Å². The summed E-state index contributed by atoms with van der Waals surface area (Å²) in [5, 5.41) is 3.16. The van der Waals surface area contributed by atoms with Crippen molar-refractivity contribution >= 4 is 17.6 Å². The second-order valence-electron chi connectivity index (χ2n) is 5.76. The summed E-state index contributed by atoms with van der Waals surface area (Å²) in [6.07, 6.45) is -3.79. The first-order chi connectivity index (χ1) is 10.4. The number of imide groups is 1. The minimum Gasteiger partial charge on any atom is -0.309 e. The number of hydrogen-bond donors (Lipinski definition) is 1. The molecule has 0 saturated carbocycles. The predicted molar refractivity (Wildman–Crippen MR) is 70.1 cm³/mol. The van der Waals surface area contributed by atoms with Crippen molar-refractivity contribution in [1.29, 1.82) is 0 Å². The molecule has 3 fully saturated rings. The first-order valence-corrected chi connectivity index (χ1v) is 6.95. The normalized spacial score (nSPS) is 30.4. The monoisotopic (exact) mass is 311 g/mol. The minimum atomic E-state index is -4.52. The van der Waals surface area contributed by atoms with Gasteiger partial charge in [0.05, 0.1) is 11.3 Å². The summed E-state index contributed by atoms with van der Waals surface area (Å²) in [5.74, 6) is -0.455. The Morgan fingerprint density at radius 2 is 2.00 bits per heavy atom. The summed E-state index contributed by atoms with van der Waals surface area (Å²) in [5.41, 5.74) is -0.905. The average Bonchev–Trinajstić information content (AvgIpc) is 3.12. The minimum absolute atomic E-state index is 0.0291. The highest BCUT2D eigenvalue weighted by Gasteiger charge is 2.59. The highest BCUT2D eigenvalue weighted by atomic mass is 19.4. The van der Waals surface area contributed by atoms with Crippen molar-refractivity contribution in [3.8, 4) is 0 Å². The van der Waals surface area contributed by atoms with E-state index in [9.17, 15) is 22.8 Å². The molecule has 1 unspecified atom stereocenters. The van der Waals surface area contributed by atoms with Crippen LogP contribution in [0.1, 0.15) is 12.0 Å². The molecule has 1 N–H and O–H groups in total. The van der Waals surface area contributed by atoms with Gasteiger partial charge in [-0.25, -0.2) is 9.69 Å². The molecular formula is C14H12F3N3O2. The number of rotatable bonds is 1. The number of urea groups is 1. The quantitative estimate of drug-likeness (QED) is 0.801. The van der Waals surface area contributed by atoms with Crippen molar-refractivity contribution in [2.24, 2.45) is 0 Å². The molecule has 3 heterocycles. The third-order valence-corrected chi connectivity index (χ3v) is 4.53. The Labute approximate surface area is 123 Å². The Hall–Kier alpha value is -2.09. The van der Waals surface area contributed by atoms with E-state index >= 15 is 0 Å². The summed E-state index contributed by atoms with van der Waals surface area (Å²) in [7, 11) is 0. The van der Waals surface area contributed by atoms with Crippen molar-refractivity contribution in [3.05, 3.63) is 29.8 Å². The van der Waals surface area contributed by atoms with E-state index in [4.69, 9.17) is 0 Å². The Balaban J connectivity index is 1.72. The lowest BCUT2D eigenvalue weighted by molar-refractivity contribution is -0.137. The molecule has 3 aliphatic heterocycles. The van der Waals surface area contributed by atoms with Gasteiger partial charge in [0.2, 0.25) is 0 Å². The van der Waals surface area contributed by atoms with Crippen LogP contribution < -0.4 is 10.2 Å². The highest BCUT2D eigenvalue weighted by molar-refractivity contribution is 6.22. The maximum Gasteiger partial charge on any atom is 0.416 e. The van der Waals surface area contributed by atoms with Crippen LogP contribution in [0, 0.1) is 0 Å². The van der Waals surface area contributed by atoms with Gasteiger partial charge in [-0.2, -0.15) is 13.2 Å². The smallest absolute Gasteiger partial charge is 0.309 e. The van der Waals surface area contributed by atoms with E-state index in [0.717, 1.165) is 23.5 Å². The van der Waals surface area contributed by atoms with Crippen molar-refractivity contribution in [2.45, 2.75) is 30.7 Å². The van der Waals surface area contributed by atoms with Gasteiger partial charge >= 0.3 is 12.2 Å². The summed E-state index contributed by atoms with van der Waals surface area (Å²) < 4.78 is 38.4. The molecule has 0 spiro atoms. The molecule has 1 aromatic carbocycles. The van der Waals surface area contributed by atoms with Gasteiger partial charge < -0.3 is 10.2 Å². The molecule has 0 radical (unpaired) electrons. The molecule has 3 aliphatic rings. The summed E-state index contributed by atoms with van der Waals surface area (Å²) >= 11 is 0. The van der Waals surface area contributed by atoms with Gasteiger partial charge in [-0.15, -0.1) is 0 Å². The zero-order valence-electron chi connectivity index (χ0n) is 11.3. The molecule has 3 atom stereocenters. The SMILES string of the molecule is O=C1[C@H]2[C@H]3CC(CN3)N2C(=O)N1c1cccc(C(F)(F)F)c1. The Morgan fingerprint density at radius 1 is 1.23 bits per heavy atom. The number of carbonyl (C=O) groups excluding carboxylic acids is 2. The first kappa shape index (κ1) is 13.6. The number of amides is 3. The Morgan fingerprint density at radius 3 is 2.68 bits per heavy atom. The van der Waals surface area contributed by atoms with Crippen molar-refractivity contribution < 1.29 is 22.8 Å². The van der Waals surface area contributed by atoms with Gasteiger partial charge in [-0.1, -0.05) is 6.07 Å². The lowest BCUT2D eigenvalue weighted by Crippen LogP contribution is -2.51. The average molecular weight is 311 g/mol. The Bertz CT molecular complexity index is 648. The number of alkyl halides is 3. The lowest BCUT2D eigenvalue weighted by Gasteiger charge is -2.26. The highest BCUT2D eigenvalue weighted by Crippen LogP contribution is 2.39. The third-order valence-electron chi connectivity index (χ3n) is 4.53. The molecule has 0 aromatic heterocycles. The molecule has 1 aromatic rings. The second kappa shape index (κ2) is 4.22. The van der Waals surface area contributed by atoms with Crippen LogP contribution in [0.4, 0.5) is 23.7 Å². The summed E-state index contributed by atoms with van der Waals surface area (Å²) in [6, 6.07) is 3.04. The topological polar surface area (TPSA) is 52.7 Å². The molecule has 0 aliphatic carbocycles. The number of fused-ring (bicyclic) bond motifs is 5. The number of carbonyl (C=O) groups is 2. The van der Waals surface area contributed by atoms with E-state index in [2.05, 4.69) is 5.32 Å². The number of nitrogens with zero attached hydrogens (tertiary/aromatic N) is 2. The van der Waals surface area contributed by atoms with E-state index in [0.29, 0.717) is 6.54 Å². The molecule has 5 nitrogen and oxygen atoms in total. The van der Waals surface area contributed by atoms with Gasteiger partial charge in [-0.05, 0) is 24.6 Å². The van der Waals surface area contributed by atoms with Crippen LogP contribution in [0.3, 0.4) is 0 Å². The van der Waals surface area contributed by atoms with Gasteiger partial charge in [0.15, 0.2) is 0 Å². The number of benzene rings is 1. The van der Waals surface area contributed by atoms with Gasteiger partial charge in [0.25, 0.3) is 5.91 Å². The number of halogens is 3. The molecule has 3 amide bonds. The summed E-state index contributed by atoms with van der Waals surface area (Å²) in [4.78, 5) is 27.3. The van der Waals surface area contributed by atoms with E-state index in [1.165, 1.54) is 17.0 Å². The predicted octanol–water partition coefficient (Wildman–Crippen LogP) is 1.59. The van der Waals surface area contributed by atoms with Crippen LogP contribution in [0.2, 0.25) is 0 Å². The summed E-state index contributed by atoms with van der Waals surface area (Å²) in [6.45, 7) is 0.622. The zero-order chi connectivity index (χ0) is 15.6. The van der Waals surface area contributed by atoms with Crippen LogP contribution in [0.5, 0.6) is 0 Å². The molecule has 3 saturated heterocycles. The van der Waals surface area contributed by atoms with E-state index in [-0.39, 0.29) is 17.8 Å². The Kier molecular flexibility index (Phi) is 2.60. The second-order valence-corrected chi connectivity index (χ2v) is 5.76. The van der Waals surface area contributed by atoms with E-state index in [1.807, 2.05) is 0 Å². The largest absolute Gasteiger partial charge is 0.416 e. The number of piperazine rings is 1.